The van der Waals surface area contributed by atoms with Gasteiger partial charge in [0.25, 0.3) is 0 Å². The Morgan fingerprint density at radius 2 is 2.47 bits per heavy atom. The zero-order valence-electron chi connectivity index (χ0n) is 9.26. The van der Waals surface area contributed by atoms with Crippen LogP contribution in [0.2, 0.25) is 0 Å². The molecule has 15 heavy (non-hydrogen) atoms. The molecule has 0 amide bonds. The van der Waals surface area contributed by atoms with Gasteiger partial charge in [0.2, 0.25) is 0 Å². The molecule has 3 heteroatoms. The predicted octanol–water partition coefficient (Wildman–Crippen LogP) is 1.42. The fourth-order valence-corrected chi connectivity index (χ4v) is 2.56. The molecular formula is C12H19N3. The fraction of sp³-hybridized carbons (Fsp3) is 0.583. The first-order valence-corrected chi connectivity index (χ1v) is 5.70. The molecular weight excluding hydrogens is 186 g/mol. The highest BCUT2D eigenvalue weighted by Gasteiger charge is 2.33. The molecule has 82 valence electrons. The number of pyridine rings is 1. The Balaban J connectivity index is 2.23. The Morgan fingerprint density at radius 3 is 3.07 bits per heavy atom. The number of nitrogens with two attached hydrogens (primary N) is 1. The third-order valence-electron chi connectivity index (χ3n) is 3.36. The van der Waals surface area contributed by atoms with E-state index in [1.165, 1.54) is 12.0 Å². The van der Waals surface area contributed by atoms with Crippen molar-refractivity contribution in [3.8, 4) is 0 Å². The second-order valence-corrected chi connectivity index (χ2v) is 4.14. The first kappa shape index (κ1) is 10.6. The summed E-state index contributed by atoms with van der Waals surface area (Å²) in [7, 11) is 0. The van der Waals surface area contributed by atoms with Crippen LogP contribution >= 0.6 is 0 Å². The van der Waals surface area contributed by atoms with E-state index >= 15 is 0 Å². The number of aromatic nitrogens is 1. The SMILES string of the molecule is CCN1CCC(CN)C1c1cccnc1. The van der Waals surface area contributed by atoms with Gasteiger partial charge in [-0.25, -0.2) is 0 Å². The lowest BCUT2D eigenvalue weighted by Crippen LogP contribution is -2.28. The lowest BCUT2D eigenvalue weighted by Gasteiger charge is -2.26. The van der Waals surface area contributed by atoms with E-state index in [-0.39, 0.29) is 0 Å². The Kier molecular flexibility index (Phi) is 3.34. The van der Waals surface area contributed by atoms with Gasteiger partial charge in [-0.15, -0.1) is 0 Å². The molecule has 1 aliphatic heterocycles. The zero-order valence-corrected chi connectivity index (χ0v) is 9.26. The quantitative estimate of drug-likeness (QED) is 0.811. The summed E-state index contributed by atoms with van der Waals surface area (Å²) < 4.78 is 0. The minimum Gasteiger partial charge on any atom is -0.330 e. The lowest BCUT2D eigenvalue weighted by molar-refractivity contribution is 0.241. The second kappa shape index (κ2) is 4.73. The molecule has 0 saturated carbocycles. The molecule has 1 aliphatic rings. The first-order chi connectivity index (χ1) is 7.36. The Hall–Kier alpha value is -0.930. The van der Waals surface area contributed by atoms with Crippen LogP contribution in [0.25, 0.3) is 0 Å². The maximum atomic E-state index is 5.83. The van der Waals surface area contributed by atoms with E-state index in [1.54, 1.807) is 0 Å². The van der Waals surface area contributed by atoms with E-state index in [0.29, 0.717) is 12.0 Å². The minimum atomic E-state index is 0.480. The molecule has 0 radical (unpaired) electrons. The van der Waals surface area contributed by atoms with E-state index in [1.807, 2.05) is 18.5 Å². The van der Waals surface area contributed by atoms with Gasteiger partial charge in [-0.05, 0) is 43.6 Å². The molecule has 1 saturated heterocycles. The Labute approximate surface area is 91.3 Å². The molecule has 1 aromatic heterocycles. The Morgan fingerprint density at radius 1 is 1.60 bits per heavy atom. The van der Waals surface area contributed by atoms with E-state index in [2.05, 4.69) is 22.9 Å². The monoisotopic (exact) mass is 205 g/mol. The number of nitrogens with zero attached hydrogens (tertiary/aromatic N) is 2. The largest absolute Gasteiger partial charge is 0.330 e. The standard InChI is InChI=1S/C12H19N3/c1-2-15-7-5-10(8-13)12(15)11-4-3-6-14-9-11/h3-4,6,9-10,12H,2,5,7-8,13H2,1H3. The summed E-state index contributed by atoms with van der Waals surface area (Å²) in [5, 5.41) is 0. The molecule has 2 atom stereocenters. The second-order valence-electron chi connectivity index (χ2n) is 4.14. The summed E-state index contributed by atoms with van der Waals surface area (Å²) in [6.45, 7) is 5.24. The van der Waals surface area contributed by atoms with Crippen LogP contribution < -0.4 is 5.73 Å². The molecule has 2 N–H and O–H groups in total. The van der Waals surface area contributed by atoms with Gasteiger partial charge >= 0.3 is 0 Å². The summed E-state index contributed by atoms with van der Waals surface area (Å²) in [6, 6.07) is 4.65. The predicted molar refractivity (Wildman–Crippen MR) is 61.4 cm³/mol. The van der Waals surface area contributed by atoms with E-state index in [0.717, 1.165) is 19.6 Å². The van der Waals surface area contributed by atoms with Crippen molar-refractivity contribution in [2.45, 2.75) is 19.4 Å². The highest BCUT2D eigenvalue weighted by atomic mass is 15.2. The number of likely N-dealkylation sites (tertiary alicyclic amines) is 1. The molecule has 0 bridgehead atoms. The van der Waals surface area contributed by atoms with Crippen molar-refractivity contribution < 1.29 is 0 Å². The maximum Gasteiger partial charge on any atom is 0.0403 e. The van der Waals surface area contributed by atoms with Crippen molar-refractivity contribution in [2.24, 2.45) is 11.7 Å². The zero-order chi connectivity index (χ0) is 10.7. The van der Waals surface area contributed by atoms with Gasteiger partial charge in [-0.3, -0.25) is 9.88 Å². The van der Waals surface area contributed by atoms with E-state index in [9.17, 15) is 0 Å². The van der Waals surface area contributed by atoms with E-state index < -0.39 is 0 Å². The van der Waals surface area contributed by atoms with Crippen molar-refractivity contribution >= 4 is 0 Å². The van der Waals surface area contributed by atoms with Crippen LogP contribution in [0.5, 0.6) is 0 Å². The van der Waals surface area contributed by atoms with Crippen LogP contribution in [0.4, 0.5) is 0 Å². The van der Waals surface area contributed by atoms with Gasteiger partial charge in [0.15, 0.2) is 0 Å². The topological polar surface area (TPSA) is 42.1 Å². The summed E-state index contributed by atoms with van der Waals surface area (Å²) >= 11 is 0. The summed E-state index contributed by atoms with van der Waals surface area (Å²) in [4.78, 5) is 6.69. The van der Waals surface area contributed by atoms with Crippen molar-refractivity contribution in [2.75, 3.05) is 19.6 Å². The van der Waals surface area contributed by atoms with Crippen molar-refractivity contribution in [1.29, 1.82) is 0 Å². The van der Waals surface area contributed by atoms with Crippen LogP contribution in [0.1, 0.15) is 24.9 Å². The summed E-state index contributed by atoms with van der Waals surface area (Å²) in [6.07, 6.45) is 5.01. The highest BCUT2D eigenvalue weighted by Crippen LogP contribution is 2.35. The first-order valence-electron chi connectivity index (χ1n) is 5.70. The molecule has 0 aromatic carbocycles. The molecule has 2 unspecified atom stereocenters. The molecule has 0 aliphatic carbocycles. The fourth-order valence-electron chi connectivity index (χ4n) is 2.56. The molecule has 2 heterocycles. The smallest absolute Gasteiger partial charge is 0.0403 e. The summed E-state index contributed by atoms with van der Waals surface area (Å²) in [5.74, 6) is 0.592. The van der Waals surface area contributed by atoms with Crippen LogP contribution in [-0.4, -0.2) is 29.5 Å². The number of hydrogen-bond donors (Lipinski definition) is 1. The molecule has 2 rings (SSSR count). The van der Waals surface area contributed by atoms with Gasteiger partial charge in [-0.2, -0.15) is 0 Å². The molecule has 3 nitrogen and oxygen atoms in total. The summed E-state index contributed by atoms with van der Waals surface area (Å²) in [5.41, 5.74) is 7.14. The highest BCUT2D eigenvalue weighted by molar-refractivity contribution is 5.17. The molecule has 1 aromatic rings. The van der Waals surface area contributed by atoms with E-state index in [4.69, 9.17) is 5.73 Å². The lowest BCUT2D eigenvalue weighted by atomic mass is 9.95. The molecule has 0 spiro atoms. The van der Waals surface area contributed by atoms with Crippen molar-refractivity contribution in [1.82, 2.24) is 9.88 Å². The van der Waals surface area contributed by atoms with Gasteiger partial charge in [0.05, 0.1) is 0 Å². The van der Waals surface area contributed by atoms with Crippen LogP contribution in [0.15, 0.2) is 24.5 Å². The third-order valence-corrected chi connectivity index (χ3v) is 3.36. The number of hydrogen-bond acceptors (Lipinski definition) is 3. The van der Waals surface area contributed by atoms with Crippen LogP contribution in [0.3, 0.4) is 0 Å². The van der Waals surface area contributed by atoms with Crippen molar-refractivity contribution in [3.05, 3.63) is 30.1 Å². The van der Waals surface area contributed by atoms with Gasteiger partial charge in [0, 0.05) is 18.4 Å². The maximum absolute atomic E-state index is 5.83. The number of rotatable bonds is 3. The van der Waals surface area contributed by atoms with Gasteiger partial charge < -0.3 is 5.73 Å². The average Bonchev–Trinajstić information content (AvgIpc) is 2.72. The van der Waals surface area contributed by atoms with Crippen molar-refractivity contribution in [3.63, 3.8) is 0 Å². The Bertz CT molecular complexity index is 287. The normalized spacial score (nSPS) is 27.1. The van der Waals surface area contributed by atoms with Crippen LogP contribution in [-0.2, 0) is 0 Å². The minimum absolute atomic E-state index is 0.480. The molecule has 1 fully saturated rings. The van der Waals surface area contributed by atoms with Gasteiger partial charge in [-0.1, -0.05) is 13.0 Å². The third kappa shape index (κ3) is 2.03. The average molecular weight is 205 g/mol. The van der Waals surface area contributed by atoms with Gasteiger partial charge in [0.1, 0.15) is 0 Å². The van der Waals surface area contributed by atoms with Crippen LogP contribution in [0, 0.1) is 5.92 Å².